The van der Waals surface area contributed by atoms with Crippen molar-refractivity contribution < 1.29 is 26.7 Å². The van der Waals surface area contributed by atoms with E-state index in [1.807, 2.05) is 13.8 Å². The summed E-state index contributed by atoms with van der Waals surface area (Å²) in [5.74, 6) is -5.18. The Morgan fingerprint density at radius 1 is 0.933 bits per heavy atom. The Morgan fingerprint density at radius 3 is 2.10 bits per heavy atom. The van der Waals surface area contributed by atoms with Crippen LogP contribution in [0.3, 0.4) is 0 Å². The van der Waals surface area contributed by atoms with E-state index >= 15 is 0 Å². The van der Waals surface area contributed by atoms with Gasteiger partial charge in [-0.2, -0.15) is 0 Å². The Labute approximate surface area is 176 Å². The number of ether oxygens (including phenoxy) is 1. The lowest BCUT2D eigenvalue weighted by Gasteiger charge is -2.12. The number of nitrogens with zero attached hydrogens (tertiary/aromatic N) is 1. The number of nitrogens with one attached hydrogen (secondary N) is 1. The summed E-state index contributed by atoms with van der Waals surface area (Å²) in [6.07, 6.45) is 1.55. The van der Waals surface area contributed by atoms with Gasteiger partial charge >= 0.3 is 0 Å². The molecule has 0 atom stereocenters. The van der Waals surface area contributed by atoms with Crippen molar-refractivity contribution >= 4 is 11.9 Å². The minimum absolute atomic E-state index is 0.00233. The number of halogens is 5. The maximum absolute atomic E-state index is 14.5. The molecular weight excluding hydrogens is 423 g/mol. The van der Waals surface area contributed by atoms with Crippen LogP contribution in [0.1, 0.15) is 19.4 Å². The first-order valence-electron chi connectivity index (χ1n) is 9.06. The van der Waals surface area contributed by atoms with Gasteiger partial charge in [0.05, 0.1) is 12.7 Å². The SMILES string of the molecule is CC.CNCc1cn(Sc2ccc(F)c(F)c2)c(-c2c(F)cc(F)cc2F)c1OC. The van der Waals surface area contributed by atoms with Crippen LogP contribution in [0.4, 0.5) is 22.0 Å². The summed E-state index contributed by atoms with van der Waals surface area (Å²) in [4.78, 5) is 0.289. The van der Waals surface area contributed by atoms with Gasteiger partial charge in [0.25, 0.3) is 0 Å². The van der Waals surface area contributed by atoms with Gasteiger partial charge in [0, 0.05) is 35.3 Å². The van der Waals surface area contributed by atoms with E-state index in [9.17, 15) is 22.0 Å². The third-order valence-electron chi connectivity index (χ3n) is 3.91. The van der Waals surface area contributed by atoms with Gasteiger partial charge in [-0.25, -0.2) is 22.0 Å². The van der Waals surface area contributed by atoms with E-state index in [0.717, 1.165) is 24.1 Å². The largest absolute Gasteiger partial charge is 0.494 e. The van der Waals surface area contributed by atoms with Crippen molar-refractivity contribution in [3.05, 3.63) is 71.2 Å². The molecule has 3 aromatic rings. The van der Waals surface area contributed by atoms with Gasteiger partial charge in [0.1, 0.15) is 28.9 Å². The van der Waals surface area contributed by atoms with E-state index in [2.05, 4.69) is 5.32 Å². The van der Waals surface area contributed by atoms with Crippen LogP contribution in [0.15, 0.2) is 41.4 Å². The zero-order valence-corrected chi connectivity index (χ0v) is 17.6. The lowest BCUT2D eigenvalue weighted by Crippen LogP contribution is -2.05. The lowest BCUT2D eigenvalue weighted by atomic mass is 10.1. The fraction of sp³-hybridized carbons (Fsp3) is 0.238. The number of methoxy groups -OCH3 is 1. The first-order valence-corrected chi connectivity index (χ1v) is 9.84. The predicted molar refractivity (Wildman–Crippen MR) is 108 cm³/mol. The van der Waals surface area contributed by atoms with E-state index < -0.39 is 34.6 Å². The van der Waals surface area contributed by atoms with Crippen LogP contribution in [0.25, 0.3) is 11.3 Å². The number of hydrogen-bond acceptors (Lipinski definition) is 3. The van der Waals surface area contributed by atoms with Gasteiger partial charge in [-0.05, 0) is 37.2 Å². The van der Waals surface area contributed by atoms with Crippen LogP contribution < -0.4 is 10.1 Å². The highest BCUT2D eigenvalue weighted by Crippen LogP contribution is 2.42. The molecule has 0 aliphatic rings. The average molecular weight is 444 g/mol. The Morgan fingerprint density at radius 2 is 1.57 bits per heavy atom. The fourth-order valence-electron chi connectivity index (χ4n) is 2.77. The normalized spacial score (nSPS) is 10.6. The average Bonchev–Trinajstić information content (AvgIpc) is 3.02. The summed E-state index contributed by atoms with van der Waals surface area (Å²) < 4.78 is 75.7. The standard InChI is InChI=1S/C19H15F5N2OS.C2H6/c1-25-8-10-9-26(28-12-3-4-13(21)14(22)7-12)18(19(10)27-2)17-15(23)5-11(20)6-16(17)24;1-2/h3-7,9,25H,8H2,1-2H3;1-2H3. The summed E-state index contributed by atoms with van der Waals surface area (Å²) in [7, 11) is 3.02. The second kappa shape index (κ2) is 10.5. The van der Waals surface area contributed by atoms with Crippen molar-refractivity contribution in [1.82, 2.24) is 9.29 Å². The fourth-order valence-corrected chi connectivity index (χ4v) is 3.73. The topological polar surface area (TPSA) is 26.2 Å². The Balaban J connectivity index is 0.00000155. The summed E-state index contributed by atoms with van der Waals surface area (Å²) in [6, 6.07) is 4.37. The number of hydrogen-bond donors (Lipinski definition) is 1. The van der Waals surface area contributed by atoms with Crippen molar-refractivity contribution in [3.63, 3.8) is 0 Å². The van der Waals surface area contributed by atoms with Gasteiger partial charge < -0.3 is 10.1 Å². The molecule has 0 aliphatic carbocycles. The van der Waals surface area contributed by atoms with Crippen LogP contribution in [0, 0.1) is 29.1 Å². The van der Waals surface area contributed by atoms with Crippen LogP contribution in [0.2, 0.25) is 0 Å². The Bertz CT molecular complexity index is 1000. The molecule has 3 nitrogen and oxygen atoms in total. The van der Waals surface area contributed by atoms with Gasteiger partial charge in [-0.1, -0.05) is 13.8 Å². The van der Waals surface area contributed by atoms with E-state index in [4.69, 9.17) is 4.74 Å². The summed E-state index contributed by atoms with van der Waals surface area (Å²) in [5.41, 5.74) is 0.0754. The molecule has 1 aromatic heterocycles. The molecule has 0 aliphatic heterocycles. The molecule has 0 bridgehead atoms. The number of benzene rings is 2. The van der Waals surface area contributed by atoms with Crippen LogP contribution >= 0.6 is 11.9 Å². The van der Waals surface area contributed by atoms with E-state index in [-0.39, 0.29) is 16.3 Å². The van der Waals surface area contributed by atoms with Crippen molar-refractivity contribution in [2.45, 2.75) is 25.3 Å². The summed E-state index contributed by atoms with van der Waals surface area (Å²) in [5, 5.41) is 2.91. The van der Waals surface area contributed by atoms with Crippen LogP contribution in [-0.2, 0) is 6.54 Å². The molecule has 9 heteroatoms. The van der Waals surface area contributed by atoms with Gasteiger partial charge in [0.2, 0.25) is 0 Å². The molecule has 1 N–H and O–H groups in total. The summed E-state index contributed by atoms with van der Waals surface area (Å²) in [6.45, 7) is 4.31. The zero-order chi connectivity index (χ0) is 22.4. The highest BCUT2D eigenvalue weighted by molar-refractivity contribution is 7.98. The third kappa shape index (κ3) is 4.96. The van der Waals surface area contributed by atoms with Gasteiger partial charge in [-0.15, -0.1) is 0 Å². The van der Waals surface area contributed by atoms with Crippen LogP contribution in [-0.4, -0.2) is 18.1 Å². The molecule has 0 radical (unpaired) electrons. The summed E-state index contributed by atoms with van der Waals surface area (Å²) >= 11 is 0.905. The molecule has 1 heterocycles. The zero-order valence-electron chi connectivity index (χ0n) is 16.8. The first-order chi connectivity index (χ1) is 14.3. The number of aromatic nitrogens is 1. The highest BCUT2D eigenvalue weighted by atomic mass is 32.2. The van der Waals surface area contributed by atoms with Crippen LogP contribution in [0.5, 0.6) is 5.75 Å². The van der Waals surface area contributed by atoms with Crippen molar-refractivity contribution in [2.75, 3.05) is 14.2 Å². The third-order valence-corrected chi connectivity index (χ3v) is 4.86. The molecule has 30 heavy (non-hydrogen) atoms. The molecule has 0 fully saturated rings. The molecular formula is C21H21F5N2OS. The van der Waals surface area contributed by atoms with Crippen molar-refractivity contribution in [3.8, 4) is 17.0 Å². The maximum atomic E-state index is 14.5. The minimum Gasteiger partial charge on any atom is -0.494 e. The lowest BCUT2D eigenvalue weighted by molar-refractivity contribution is 0.410. The monoisotopic (exact) mass is 444 g/mol. The van der Waals surface area contributed by atoms with Gasteiger partial charge in [0.15, 0.2) is 11.6 Å². The first kappa shape index (κ1) is 23.8. The molecule has 0 spiro atoms. The molecule has 0 saturated carbocycles. The molecule has 162 valence electrons. The van der Waals surface area contributed by atoms with E-state index in [0.29, 0.717) is 24.2 Å². The molecule has 0 saturated heterocycles. The molecule has 0 unspecified atom stereocenters. The van der Waals surface area contributed by atoms with Crippen molar-refractivity contribution in [1.29, 1.82) is 0 Å². The van der Waals surface area contributed by atoms with E-state index in [1.54, 1.807) is 13.2 Å². The quantitative estimate of drug-likeness (QED) is 0.461. The smallest absolute Gasteiger partial charge is 0.160 e. The Kier molecular flexibility index (Phi) is 8.31. The second-order valence-corrected chi connectivity index (χ2v) is 6.85. The highest BCUT2D eigenvalue weighted by Gasteiger charge is 2.25. The molecule has 3 rings (SSSR count). The van der Waals surface area contributed by atoms with Gasteiger partial charge in [-0.3, -0.25) is 3.97 Å². The Hall–Kier alpha value is -2.52. The molecule has 2 aromatic carbocycles. The number of rotatable bonds is 6. The minimum atomic E-state index is -1.11. The van der Waals surface area contributed by atoms with Crippen molar-refractivity contribution in [2.24, 2.45) is 0 Å². The molecule has 0 amide bonds. The predicted octanol–water partition coefficient (Wildman–Crippen LogP) is 6.16. The van der Waals surface area contributed by atoms with E-state index in [1.165, 1.54) is 17.1 Å². The second-order valence-electron chi connectivity index (χ2n) is 5.80. The maximum Gasteiger partial charge on any atom is 0.160 e.